The van der Waals surface area contributed by atoms with Crippen LogP contribution in [-0.4, -0.2) is 166 Å². The van der Waals surface area contributed by atoms with Crippen LogP contribution in [0, 0.1) is 0 Å². The maximum Gasteiger partial charge on any atom is 0.326 e. The summed E-state index contributed by atoms with van der Waals surface area (Å²) in [5, 5.41) is 40.2. The number of aliphatic carboxylic acids is 1. The number of carbonyl (C=O) groups is 11. The molecule has 100 heavy (non-hydrogen) atoms. The average molecular weight is 1410 g/mol. The Labute approximate surface area is 593 Å². The van der Waals surface area contributed by atoms with Crippen LogP contribution in [0.4, 0.5) is 0 Å². The number of carboxylic acid groups (broad SMARTS) is 1. The fourth-order valence-electron chi connectivity index (χ4n) is 16.1. The van der Waals surface area contributed by atoms with Crippen molar-refractivity contribution in [2.75, 3.05) is 32.7 Å². The number of hydrogen-bond acceptors (Lipinski definition) is 17. The Balaban J connectivity index is 1.22. The Bertz CT molecular complexity index is 2660. The van der Waals surface area contributed by atoms with Crippen LogP contribution in [0.1, 0.15) is 289 Å². The summed E-state index contributed by atoms with van der Waals surface area (Å²) in [4.78, 5) is 161. The van der Waals surface area contributed by atoms with Crippen LogP contribution in [0.3, 0.4) is 0 Å². The van der Waals surface area contributed by atoms with E-state index >= 15 is 24.0 Å². The van der Waals surface area contributed by atoms with Gasteiger partial charge in [0.2, 0.25) is 59.1 Å². The highest BCUT2D eigenvalue weighted by atomic mass is 16.4. The molecule has 6 aliphatic rings. The Kier molecular flexibility index (Phi) is 34.2. The van der Waals surface area contributed by atoms with Gasteiger partial charge in [0.25, 0.3) is 0 Å². The molecule has 0 spiro atoms. The van der Waals surface area contributed by atoms with E-state index in [9.17, 15) is 33.9 Å². The lowest BCUT2D eigenvalue weighted by Crippen LogP contribution is -2.71. The second kappa shape index (κ2) is 41.3. The van der Waals surface area contributed by atoms with Crippen LogP contribution in [0.25, 0.3) is 0 Å². The van der Waals surface area contributed by atoms with Gasteiger partial charge in [0.15, 0.2) is 0 Å². The van der Waals surface area contributed by atoms with E-state index in [0.717, 1.165) is 51.4 Å². The molecule has 10 amide bonds. The lowest BCUT2D eigenvalue weighted by atomic mass is 9.76. The van der Waals surface area contributed by atoms with E-state index < -0.39 is 123 Å². The minimum atomic E-state index is -1.53. The lowest BCUT2D eigenvalue weighted by Gasteiger charge is -2.44. The van der Waals surface area contributed by atoms with Gasteiger partial charge in [-0.05, 0) is 206 Å². The molecule has 0 bridgehead atoms. The molecule has 28 nitrogen and oxygen atoms in total. The van der Waals surface area contributed by atoms with Crippen molar-refractivity contribution in [3.05, 3.63) is 0 Å². The molecule has 5 atom stereocenters. The fourth-order valence-corrected chi connectivity index (χ4v) is 16.1. The van der Waals surface area contributed by atoms with Gasteiger partial charge in [0.05, 0.1) is 5.54 Å². The summed E-state index contributed by atoms with van der Waals surface area (Å²) in [6.07, 6.45) is 21.8. The number of carboxylic acids is 1. The van der Waals surface area contributed by atoms with Gasteiger partial charge in [0.1, 0.15) is 57.9 Å². The molecule has 0 radical (unpaired) electrons. The molecule has 6 fully saturated rings. The fraction of sp³-hybridized carbons (Fsp3) is 0.847. The highest BCUT2D eigenvalue weighted by Gasteiger charge is 2.53. The zero-order chi connectivity index (χ0) is 72.7. The zero-order valence-electron chi connectivity index (χ0n) is 60.1. The van der Waals surface area contributed by atoms with E-state index in [-0.39, 0.29) is 89.4 Å². The van der Waals surface area contributed by atoms with Gasteiger partial charge in [-0.3, -0.25) is 47.9 Å². The van der Waals surface area contributed by atoms with Crippen molar-refractivity contribution in [3.8, 4) is 0 Å². The molecular weight excluding hydrogens is 1280 g/mol. The predicted molar refractivity (Wildman–Crippen MR) is 382 cm³/mol. The molecular formula is C72H128N16O12. The zero-order valence-corrected chi connectivity index (χ0v) is 60.1. The summed E-state index contributed by atoms with van der Waals surface area (Å²) >= 11 is 0. The molecule has 0 saturated heterocycles. The minimum absolute atomic E-state index is 0.132. The number of nitrogens with one attached hydrogen (secondary N) is 10. The Morgan fingerprint density at radius 3 is 0.750 bits per heavy atom. The van der Waals surface area contributed by atoms with Crippen LogP contribution in [0.15, 0.2) is 0 Å². The molecule has 0 aromatic rings. The first-order chi connectivity index (χ1) is 48.0. The number of hydrogen-bond donors (Lipinski definition) is 17. The third-order valence-electron chi connectivity index (χ3n) is 22.5. The third kappa shape index (κ3) is 23.5. The quantitative estimate of drug-likeness (QED) is 0.0391. The lowest BCUT2D eigenvalue weighted by molar-refractivity contribution is -0.144. The van der Waals surface area contributed by atoms with E-state index in [0.29, 0.717) is 187 Å². The Hall–Kier alpha value is -6.07. The summed E-state index contributed by atoms with van der Waals surface area (Å²) in [6, 6.07) is -5.86. The van der Waals surface area contributed by atoms with E-state index in [2.05, 4.69) is 53.2 Å². The molecule has 6 saturated carbocycles. The maximum atomic E-state index is 15.5. The van der Waals surface area contributed by atoms with Gasteiger partial charge in [-0.2, -0.15) is 0 Å². The summed E-state index contributed by atoms with van der Waals surface area (Å²) in [7, 11) is 0. The van der Waals surface area contributed by atoms with Crippen LogP contribution in [0.2, 0.25) is 0 Å². The van der Waals surface area contributed by atoms with Crippen molar-refractivity contribution in [3.63, 3.8) is 0 Å². The molecule has 6 aliphatic carbocycles. The number of amides is 10. The number of nitrogens with two attached hydrogens (primary N) is 6. The molecule has 0 aliphatic heterocycles. The normalized spacial score (nSPS) is 21.3. The third-order valence-corrected chi connectivity index (χ3v) is 22.5. The van der Waals surface area contributed by atoms with Gasteiger partial charge in [-0.15, -0.1) is 0 Å². The number of carbonyl (C=O) groups excluding carboxylic acids is 10. The molecule has 568 valence electrons. The van der Waals surface area contributed by atoms with E-state index in [1.807, 2.05) is 0 Å². The van der Waals surface area contributed by atoms with Crippen molar-refractivity contribution in [2.45, 2.75) is 352 Å². The van der Waals surface area contributed by atoms with Gasteiger partial charge in [-0.1, -0.05) is 116 Å². The van der Waals surface area contributed by atoms with Crippen LogP contribution < -0.4 is 87.6 Å². The molecule has 0 aromatic heterocycles. The van der Waals surface area contributed by atoms with Crippen molar-refractivity contribution in [1.82, 2.24) is 53.2 Å². The first-order valence-electron chi connectivity index (χ1n) is 38.7. The van der Waals surface area contributed by atoms with Crippen LogP contribution in [-0.2, 0) is 52.7 Å². The molecule has 6 rings (SSSR count). The molecule has 0 unspecified atom stereocenters. The van der Waals surface area contributed by atoms with Crippen molar-refractivity contribution in [2.24, 2.45) is 34.4 Å². The summed E-state index contributed by atoms with van der Waals surface area (Å²) in [6.45, 7) is 1.66. The Morgan fingerprint density at radius 1 is 0.260 bits per heavy atom. The summed E-state index contributed by atoms with van der Waals surface area (Å²) in [5.41, 5.74) is 27.6. The van der Waals surface area contributed by atoms with Crippen molar-refractivity contribution < 1.29 is 57.8 Å². The smallest absolute Gasteiger partial charge is 0.326 e. The number of rotatable bonds is 41. The standard InChI is InChI=1S/C72H128N16O12/c73-46-24-7-29-51(81-62(96)68(36-14-2-15-37-68)86-61(95)67(78)34-12-1-13-35-67)56(89)79-53(31-9-26-48-75)58(91)84-71(42-20-5-21-43-71)65(99)88-70(40-18-4-19-41-70)64(98)83-54(32-10-27-49-76)59(92)85-72(44-22-6-23-45-72)66(100)87-69(38-16-3-17-39-69)63(97)82-52(30-8-25-47-74)57(90)80-55(60(93)94)33-11-28-50-77/h51-55H,1-50,73-78H2,(H,79,89)(H,80,90)(H,81,96)(H,82,97)(H,83,98)(H,84,91)(H,85,92)(H,86,95)(H,87,100)(H,88,99)(H,93,94)/t51-,52-,53-,54-,55-/m0/s1. The highest BCUT2D eigenvalue weighted by molar-refractivity contribution is 6.03. The monoisotopic (exact) mass is 1410 g/mol. The van der Waals surface area contributed by atoms with Gasteiger partial charge in [0, 0.05) is 0 Å². The van der Waals surface area contributed by atoms with Crippen molar-refractivity contribution >= 4 is 65.0 Å². The summed E-state index contributed by atoms with van der Waals surface area (Å²) in [5.74, 6) is -6.94. The SMILES string of the molecule is NCCCC[C@H](NC(=O)[C@H](CCCCN)NC(=O)C1(NC(=O)C2(NC(=O)[C@H](CCCCN)NC(=O)C3(NC(=O)C4(NC(=O)[C@H](CCCCN)NC(=O)[C@H](CCCCN)NC(=O)C5(NC(=O)C6(N)CCCCC6)CCCCC5)CCCCC4)CCCCC3)CCCCC2)CCCCC1)C(=O)O. The van der Waals surface area contributed by atoms with Gasteiger partial charge >= 0.3 is 5.97 Å². The van der Waals surface area contributed by atoms with Gasteiger partial charge < -0.3 is 92.7 Å². The number of unbranched alkanes of at least 4 members (excludes halogenated alkanes) is 5. The molecule has 23 N–H and O–H groups in total. The highest BCUT2D eigenvalue weighted by Crippen LogP contribution is 2.37. The topological polar surface area (TPSA) is 484 Å². The van der Waals surface area contributed by atoms with Crippen LogP contribution in [0.5, 0.6) is 0 Å². The second-order valence-corrected chi connectivity index (χ2v) is 30.2. The van der Waals surface area contributed by atoms with Gasteiger partial charge in [-0.25, -0.2) is 4.79 Å². The average Bonchev–Trinajstić information content (AvgIpc) is 0.780. The minimum Gasteiger partial charge on any atom is -0.480 e. The maximum absolute atomic E-state index is 15.5. The summed E-state index contributed by atoms with van der Waals surface area (Å²) < 4.78 is 0. The second-order valence-electron chi connectivity index (χ2n) is 30.2. The largest absolute Gasteiger partial charge is 0.480 e. The van der Waals surface area contributed by atoms with Crippen LogP contribution >= 0.6 is 0 Å². The van der Waals surface area contributed by atoms with E-state index in [1.54, 1.807) is 0 Å². The molecule has 0 heterocycles. The first kappa shape index (κ1) is 82.9. The molecule has 0 aromatic carbocycles. The van der Waals surface area contributed by atoms with E-state index in [1.165, 1.54) is 0 Å². The Morgan fingerprint density at radius 2 is 0.480 bits per heavy atom. The molecule has 28 heteroatoms. The first-order valence-corrected chi connectivity index (χ1v) is 38.7. The predicted octanol–water partition coefficient (Wildman–Crippen LogP) is 2.90. The van der Waals surface area contributed by atoms with Crippen molar-refractivity contribution in [1.29, 1.82) is 0 Å². The van der Waals surface area contributed by atoms with E-state index in [4.69, 9.17) is 34.4 Å².